The van der Waals surface area contributed by atoms with E-state index < -0.39 is 24.0 Å². The summed E-state index contributed by atoms with van der Waals surface area (Å²) in [5.74, 6) is -0.689. The van der Waals surface area contributed by atoms with Crippen LogP contribution in [0.1, 0.15) is 19.4 Å². The van der Waals surface area contributed by atoms with Crippen LogP contribution in [0.2, 0.25) is 0 Å². The first kappa shape index (κ1) is 21.5. The van der Waals surface area contributed by atoms with Gasteiger partial charge in [-0.3, -0.25) is 10.1 Å². The van der Waals surface area contributed by atoms with Gasteiger partial charge in [-0.25, -0.2) is 9.59 Å². The molecule has 0 fully saturated rings. The number of carbonyl (C=O) groups excluding carboxylic acids is 3. The lowest BCUT2D eigenvalue weighted by atomic mass is 10.2. The molecular weight excluding hydrogens is 354 g/mol. The highest BCUT2D eigenvalue weighted by molar-refractivity contribution is 5.98. The molecule has 9 nitrogen and oxygen atoms in total. The molecule has 0 aliphatic carbocycles. The highest BCUT2D eigenvalue weighted by Crippen LogP contribution is 2.28. The van der Waals surface area contributed by atoms with Gasteiger partial charge in [0, 0.05) is 12.6 Å². The first-order valence-electron chi connectivity index (χ1n) is 8.06. The molecule has 0 aliphatic rings. The second-order valence-electron chi connectivity index (χ2n) is 5.12. The standard InChI is InChI=1S/C18H21N3O6/c1-4-20-18(24)21-17(23)12(2)27-16(22)8-6-13-5-7-14(26-10-9-19)15(11-13)25-3/h5-8,11-12H,4,10H2,1-3H3,(H2,20,21,23,24)/b8-6+. The Balaban J connectivity index is 2.65. The molecule has 0 heterocycles. The molecule has 0 aromatic heterocycles. The zero-order valence-electron chi connectivity index (χ0n) is 15.3. The Morgan fingerprint density at radius 1 is 1.30 bits per heavy atom. The van der Waals surface area contributed by atoms with Gasteiger partial charge in [0.05, 0.1) is 7.11 Å². The van der Waals surface area contributed by atoms with Crippen LogP contribution in [0.5, 0.6) is 11.5 Å². The van der Waals surface area contributed by atoms with Crippen molar-refractivity contribution >= 4 is 24.0 Å². The van der Waals surface area contributed by atoms with E-state index in [0.717, 1.165) is 6.08 Å². The van der Waals surface area contributed by atoms with Crippen molar-refractivity contribution in [3.05, 3.63) is 29.8 Å². The Morgan fingerprint density at radius 2 is 2.04 bits per heavy atom. The molecule has 1 rings (SSSR count). The van der Waals surface area contributed by atoms with Crippen LogP contribution in [0.3, 0.4) is 0 Å². The number of ether oxygens (including phenoxy) is 3. The predicted octanol–water partition coefficient (Wildman–Crippen LogP) is 1.39. The van der Waals surface area contributed by atoms with E-state index in [1.165, 1.54) is 20.1 Å². The third kappa shape index (κ3) is 7.48. The lowest BCUT2D eigenvalue weighted by molar-refractivity contribution is -0.149. The molecule has 1 atom stereocenters. The summed E-state index contributed by atoms with van der Waals surface area (Å²) in [7, 11) is 1.45. The van der Waals surface area contributed by atoms with E-state index in [1.54, 1.807) is 25.1 Å². The second kappa shape index (κ2) is 11.1. The number of imide groups is 1. The van der Waals surface area contributed by atoms with Gasteiger partial charge in [0.25, 0.3) is 5.91 Å². The predicted molar refractivity (Wildman–Crippen MR) is 95.9 cm³/mol. The number of amides is 3. The summed E-state index contributed by atoms with van der Waals surface area (Å²) in [6.07, 6.45) is 1.47. The van der Waals surface area contributed by atoms with E-state index in [9.17, 15) is 14.4 Å². The van der Waals surface area contributed by atoms with Crippen LogP contribution in [-0.2, 0) is 14.3 Å². The highest BCUT2D eigenvalue weighted by Gasteiger charge is 2.18. The van der Waals surface area contributed by atoms with Gasteiger partial charge in [-0.05, 0) is 37.6 Å². The molecule has 0 saturated heterocycles. The van der Waals surface area contributed by atoms with Gasteiger partial charge in [-0.2, -0.15) is 5.26 Å². The second-order valence-corrected chi connectivity index (χ2v) is 5.12. The Labute approximate surface area is 156 Å². The number of rotatable bonds is 8. The Bertz CT molecular complexity index is 754. The summed E-state index contributed by atoms with van der Waals surface area (Å²) < 4.78 is 15.3. The van der Waals surface area contributed by atoms with Crippen LogP contribution in [0, 0.1) is 11.3 Å². The maximum absolute atomic E-state index is 11.8. The molecule has 144 valence electrons. The zero-order valence-corrected chi connectivity index (χ0v) is 15.3. The normalized spacial score (nSPS) is 11.2. The van der Waals surface area contributed by atoms with Gasteiger partial charge in [-0.1, -0.05) is 6.07 Å². The molecule has 0 radical (unpaired) electrons. The van der Waals surface area contributed by atoms with Crippen LogP contribution in [0.4, 0.5) is 4.79 Å². The summed E-state index contributed by atoms with van der Waals surface area (Å²) in [4.78, 5) is 34.8. The molecular formula is C18H21N3O6. The zero-order chi connectivity index (χ0) is 20.2. The van der Waals surface area contributed by atoms with Gasteiger partial charge < -0.3 is 19.5 Å². The SMILES string of the molecule is CCNC(=O)NC(=O)C(C)OC(=O)/C=C/c1ccc(OCC#N)c(OC)c1. The lowest BCUT2D eigenvalue weighted by Crippen LogP contribution is -2.44. The maximum atomic E-state index is 11.8. The molecule has 1 aromatic rings. The Morgan fingerprint density at radius 3 is 2.67 bits per heavy atom. The number of hydrogen-bond donors (Lipinski definition) is 2. The fourth-order valence-corrected chi connectivity index (χ4v) is 1.87. The van der Waals surface area contributed by atoms with E-state index in [0.29, 0.717) is 23.6 Å². The molecule has 0 bridgehead atoms. The minimum Gasteiger partial charge on any atom is -0.493 e. The van der Waals surface area contributed by atoms with Gasteiger partial charge in [0.15, 0.2) is 24.2 Å². The first-order chi connectivity index (χ1) is 12.9. The molecule has 0 spiro atoms. The van der Waals surface area contributed by atoms with Gasteiger partial charge >= 0.3 is 12.0 Å². The number of methoxy groups -OCH3 is 1. The minimum atomic E-state index is -1.14. The van der Waals surface area contributed by atoms with Crippen molar-refractivity contribution in [2.75, 3.05) is 20.3 Å². The van der Waals surface area contributed by atoms with Crippen LogP contribution in [0.15, 0.2) is 24.3 Å². The topological polar surface area (TPSA) is 127 Å². The van der Waals surface area contributed by atoms with Crippen molar-refractivity contribution < 1.29 is 28.6 Å². The summed E-state index contributed by atoms with van der Waals surface area (Å²) in [6, 6.07) is 6.07. The number of benzene rings is 1. The molecule has 2 N–H and O–H groups in total. The number of nitriles is 1. The van der Waals surface area contributed by atoms with E-state index in [-0.39, 0.29) is 6.61 Å². The molecule has 1 aromatic carbocycles. The van der Waals surface area contributed by atoms with Crippen molar-refractivity contribution in [1.29, 1.82) is 5.26 Å². The number of nitrogens with one attached hydrogen (secondary N) is 2. The van der Waals surface area contributed by atoms with Gasteiger partial charge in [-0.15, -0.1) is 0 Å². The van der Waals surface area contributed by atoms with Crippen molar-refractivity contribution in [2.24, 2.45) is 0 Å². The molecule has 3 amide bonds. The van der Waals surface area contributed by atoms with Crippen molar-refractivity contribution in [3.63, 3.8) is 0 Å². The van der Waals surface area contributed by atoms with Crippen molar-refractivity contribution in [1.82, 2.24) is 10.6 Å². The Hall–Kier alpha value is -3.54. The Kier molecular flexibility index (Phi) is 8.88. The highest BCUT2D eigenvalue weighted by atomic mass is 16.5. The summed E-state index contributed by atoms with van der Waals surface area (Å²) in [6.45, 7) is 3.30. The monoisotopic (exact) mass is 375 g/mol. The number of esters is 1. The maximum Gasteiger partial charge on any atom is 0.331 e. The average molecular weight is 375 g/mol. The number of hydrogen-bond acceptors (Lipinski definition) is 7. The molecule has 27 heavy (non-hydrogen) atoms. The number of carbonyl (C=O) groups is 3. The van der Waals surface area contributed by atoms with E-state index in [4.69, 9.17) is 19.5 Å². The molecule has 1 unspecified atom stereocenters. The molecule has 9 heteroatoms. The van der Waals surface area contributed by atoms with Crippen LogP contribution < -0.4 is 20.1 Å². The smallest absolute Gasteiger partial charge is 0.331 e. The van der Waals surface area contributed by atoms with E-state index in [1.807, 2.05) is 6.07 Å². The van der Waals surface area contributed by atoms with Crippen LogP contribution in [0.25, 0.3) is 6.08 Å². The summed E-state index contributed by atoms with van der Waals surface area (Å²) in [5, 5.41) is 13.0. The van der Waals surface area contributed by atoms with Gasteiger partial charge in [0.2, 0.25) is 0 Å². The van der Waals surface area contributed by atoms with Crippen molar-refractivity contribution in [3.8, 4) is 17.6 Å². The fourth-order valence-electron chi connectivity index (χ4n) is 1.87. The quantitative estimate of drug-likeness (QED) is 0.519. The van der Waals surface area contributed by atoms with E-state index in [2.05, 4.69) is 10.6 Å². The third-order valence-corrected chi connectivity index (χ3v) is 3.13. The van der Waals surface area contributed by atoms with E-state index >= 15 is 0 Å². The van der Waals surface area contributed by atoms with Crippen molar-refractivity contribution in [2.45, 2.75) is 20.0 Å². The fraction of sp³-hybridized carbons (Fsp3) is 0.333. The lowest BCUT2D eigenvalue weighted by Gasteiger charge is -2.11. The molecule has 0 saturated carbocycles. The molecule has 0 aliphatic heterocycles. The van der Waals surface area contributed by atoms with Crippen LogP contribution in [-0.4, -0.2) is 44.3 Å². The largest absolute Gasteiger partial charge is 0.493 e. The average Bonchev–Trinajstić information content (AvgIpc) is 2.64. The summed E-state index contributed by atoms with van der Waals surface area (Å²) in [5.41, 5.74) is 0.618. The number of urea groups is 1. The number of nitrogens with zero attached hydrogens (tertiary/aromatic N) is 1. The third-order valence-electron chi connectivity index (χ3n) is 3.13. The summed E-state index contributed by atoms with van der Waals surface area (Å²) >= 11 is 0. The van der Waals surface area contributed by atoms with Crippen LogP contribution >= 0.6 is 0 Å². The first-order valence-corrected chi connectivity index (χ1v) is 8.06. The minimum absolute atomic E-state index is 0.117. The van der Waals surface area contributed by atoms with Gasteiger partial charge in [0.1, 0.15) is 6.07 Å².